The van der Waals surface area contributed by atoms with Gasteiger partial charge in [-0.2, -0.15) is 0 Å². The van der Waals surface area contributed by atoms with Crippen molar-refractivity contribution < 1.29 is 9.53 Å². The maximum absolute atomic E-state index is 11.7. The van der Waals surface area contributed by atoms with E-state index in [1.165, 1.54) is 29.3 Å². The van der Waals surface area contributed by atoms with Crippen molar-refractivity contribution in [1.29, 1.82) is 0 Å². The topological polar surface area (TPSA) is 67.3 Å². The molecule has 1 aromatic heterocycles. The largest absolute Gasteiger partial charge is 0.375 e. The molecule has 0 aliphatic carbocycles. The first-order chi connectivity index (χ1) is 11.2. The number of fused-ring (bicyclic) bond motifs is 1. The monoisotopic (exact) mass is 316 g/mol. The Bertz CT molecular complexity index is 710. The van der Waals surface area contributed by atoms with E-state index in [2.05, 4.69) is 58.8 Å². The minimum absolute atomic E-state index is 0.0805. The number of hydrogen-bond acceptors (Lipinski definition) is 4. The van der Waals surface area contributed by atoms with Crippen LogP contribution in [0.3, 0.4) is 0 Å². The highest BCUT2D eigenvalue weighted by molar-refractivity contribution is 5.85. The first-order valence-electron chi connectivity index (χ1n) is 8.02. The second kappa shape index (κ2) is 6.70. The summed E-state index contributed by atoms with van der Waals surface area (Å²) in [5, 5.41) is 4.21. The van der Waals surface area contributed by atoms with Crippen molar-refractivity contribution in [3.8, 4) is 0 Å². The van der Waals surface area contributed by atoms with E-state index in [0.717, 1.165) is 13.0 Å². The summed E-state index contributed by atoms with van der Waals surface area (Å²) in [7, 11) is 1.52. The smallest absolute Gasteiger partial charge is 0.247 e. The molecule has 6 heteroatoms. The molecule has 1 aliphatic rings. The SMILES string of the molecule is CCn1c(C2CC(NC(=O)COC)NN2)c(C)c2ccccc21. The first kappa shape index (κ1) is 16.0. The van der Waals surface area contributed by atoms with E-state index in [9.17, 15) is 4.79 Å². The van der Waals surface area contributed by atoms with Crippen molar-refractivity contribution in [2.24, 2.45) is 0 Å². The number of benzene rings is 1. The van der Waals surface area contributed by atoms with Crippen molar-refractivity contribution in [2.45, 2.75) is 39.0 Å². The number of aryl methyl sites for hydroxylation is 2. The van der Waals surface area contributed by atoms with Gasteiger partial charge in [-0.05, 0) is 25.5 Å². The summed E-state index contributed by atoms with van der Waals surface area (Å²) in [6.45, 7) is 5.33. The van der Waals surface area contributed by atoms with Gasteiger partial charge in [0.2, 0.25) is 5.91 Å². The summed E-state index contributed by atoms with van der Waals surface area (Å²) < 4.78 is 7.21. The Balaban J connectivity index is 1.84. The van der Waals surface area contributed by atoms with Crippen molar-refractivity contribution in [1.82, 2.24) is 20.7 Å². The summed E-state index contributed by atoms with van der Waals surface area (Å²) in [4.78, 5) is 11.7. The van der Waals surface area contributed by atoms with Gasteiger partial charge in [0.25, 0.3) is 0 Å². The number of carbonyl (C=O) groups is 1. The van der Waals surface area contributed by atoms with Crippen LogP contribution in [0.15, 0.2) is 24.3 Å². The highest BCUT2D eigenvalue weighted by Gasteiger charge is 2.30. The van der Waals surface area contributed by atoms with E-state index in [0.29, 0.717) is 0 Å². The van der Waals surface area contributed by atoms with Crippen LogP contribution >= 0.6 is 0 Å². The van der Waals surface area contributed by atoms with Crippen LogP contribution in [0.4, 0.5) is 0 Å². The lowest BCUT2D eigenvalue weighted by Crippen LogP contribution is -2.45. The maximum Gasteiger partial charge on any atom is 0.247 e. The van der Waals surface area contributed by atoms with Gasteiger partial charge in [-0.25, -0.2) is 10.9 Å². The maximum atomic E-state index is 11.7. The highest BCUT2D eigenvalue weighted by Crippen LogP contribution is 2.32. The molecule has 2 atom stereocenters. The van der Waals surface area contributed by atoms with Gasteiger partial charge in [0.15, 0.2) is 0 Å². The second-order valence-corrected chi connectivity index (χ2v) is 5.90. The highest BCUT2D eigenvalue weighted by atomic mass is 16.5. The Morgan fingerprint density at radius 2 is 2.17 bits per heavy atom. The normalized spacial score (nSPS) is 21.0. The molecule has 1 amide bonds. The van der Waals surface area contributed by atoms with Crippen molar-refractivity contribution in [2.75, 3.05) is 13.7 Å². The number of methoxy groups -OCH3 is 1. The second-order valence-electron chi connectivity index (χ2n) is 5.90. The number of ether oxygens (including phenoxy) is 1. The number of para-hydroxylation sites is 1. The van der Waals surface area contributed by atoms with Crippen molar-refractivity contribution in [3.63, 3.8) is 0 Å². The van der Waals surface area contributed by atoms with Crippen LogP contribution in [0.25, 0.3) is 10.9 Å². The Labute approximate surface area is 136 Å². The van der Waals surface area contributed by atoms with Crippen LogP contribution in [0, 0.1) is 6.92 Å². The van der Waals surface area contributed by atoms with Gasteiger partial charge in [-0.1, -0.05) is 18.2 Å². The fourth-order valence-electron chi connectivity index (χ4n) is 3.48. The van der Waals surface area contributed by atoms with E-state index in [1.807, 2.05) is 0 Å². The molecule has 1 saturated heterocycles. The molecule has 3 N–H and O–H groups in total. The van der Waals surface area contributed by atoms with Gasteiger partial charge >= 0.3 is 0 Å². The molecule has 0 bridgehead atoms. The Morgan fingerprint density at radius 1 is 1.39 bits per heavy atom. The third kappa shape index (κ3) is 2.97. The zero-order chi connectivity index (χ0) is 16.4. The number of rotatable bonds is 5. The van der Waals surface area contributed by atoms with E-state index < -0.39 is 0 Å². The first-order valence-corrected chi connectivity index (χ1v) is 8.02. The van der Waals surface area contributed by atoms with E-state index in [4.69, 9.17) is 4.74 Å². The van der Waals surface area contributed by atoms with Crippen molar-refractivity contribution >= 4 is 16.8 Å². The molecule has 23 heavy (non-hydrogen) atoms. The molecule has 6 nitrogen and oxygen atoms in total. The molecule has 1 aliphatic heterocycles. The van der Waals surface area contributed by atoms with Gasteiger partial charge in [0.05, 0.1) is 12.2 Å². The summed E-state index contributed by atoms with van der Waals surface area (Å²) in [5.41, 5.74) is 10.3. The Kier molecular flexibility index (Phi) is 4.66. The number of hydrazine groups is 1. The molecule has 3 rings (SSSR count). The molecule has 2 heterocycles. The van der Waals surface area contributed by atoms with Crippen LogP contribution in [0.5, 0.6) is 0 Å². The standard InChI is InChI=1S/C17H24N4O2/c1-4-21-14-8-6-5-7-12(14)11(2)17(21)13-9-15(20-19-13)18-16(22)10-23-3/h5-8,13,15,19-20H,4,9-10H2,1-3H3,(H,18,22). The number of hydrogen-bond donors (Lipinski definition) is 3. The molecule has 0 radical (unpaired) electrons. The third-order valence-corrected chi connectivity index (χ3v) is 4.43. The summed E-state index contributed by atoms with van der Waals surface area (Å²) in [6.07, 6.45) is 0.706. The fourth-order valence-corrected chi connectivity index (χ4v) is 3.48. The minimum Gasteiger partial charge on any atom is -0.375 e. The number of carbonyl (C=O) groups excluding carboxylic acids is 1. The van der Waals surface area contributed by atoms with Crippen LogP contribution in [-0.4, -0.2) is 30.4 Å². The molecule has 2 unspecified atom stereocenters. The molecule has 2 aromatic rings. The summed E-state index contributed by atoms with van der Waals surface area (Å²) >= 11 is 0. The lowest BCUT2D eigenvalue weighted by molar-refractivity contribution is -0.125. The number of amides is 1. The molecule has 0 saturated carbocycles. The van der Waals surface area contributed by atoms with E-state index in [1.54, 1.807) is 0 Å². The fraction of sp³-hybridized carbons (Fsp3) is 0.471. The van der Waals surface area contributed by atoms with E-state index in [-0.39, 0.29) is 24.7 Å². The Morgan fingerprint density at radius 3 is 2.91 bits per heavy atom. The third-order valence-electron chi connectivity index (χ3n) is 4.43. The van der Waals surface area contributed by atoms with Gasteiger partial charge in [0, 0.05) is 36.7 Å². The predicted molar refractivity (Wildman–Crippen MR) is 89.8 cm³/mol. The molecule has 1 aromatic carbocycles. The van der Waals surface area contributed by atoms with Crippen LogP contribution in [0.1, 0.15) is 30.6 Å². The number of nitrogens with one attached hydrogen (secondary N) is 3. The quantitative estimate of drug-likeness (QED) is 0.784. The van der Waals surface area contributed by atoms with Gasteiger partial charge < -0.3 is 14.6 Å². The zero-order valence-corrected chi connectivity index (χ0v) is 13.8. The molecule has 0 spiro atoms. The van der Waals surface area contributed by atoms with Gasteiger partial charge in [-0.15, -0.1) is 0 Å². The molecule has 1 fully saturated rings. The summed E-state index contributed by atoms with van der Waals surface area (Å²) in [5.74, 6) is -0.111. The lowest BCUT2D eigenvalue weighted by atomic mass is 10.1. The molecular weight excluding hydrogens is 292 g/mol. The number of nitrogens with zero attached hydrogens (tertiary/aromatic N) is 1. The van der Waals surface area contributed by atoms with E-state index >= 15 is 0 Å². The average Bonchev–Trinajstić information content (AvgIpc) is 3.10. The minimum atomic E-state index is -0.111. The zero-order valence-electron chi connectivity index (χ0n) is 13.8. The van der Waals surface area contributed by atoms with Gasteiger partial charge in [0.1, 0.15) is 6.61 Å². The van der Waals surface area contributed by atoms with Crippen LogP contribution in [0.2, 0.25) is 0 Å². The Hall–Kier alpha value is -1.89. The van der Waals surface area contributed by atoms with Gasteiger partial charge in [-0.3, -0.25) is 4.79 Å². The predicted octanol–water partition coefficient (Wildman–Crippen LogP) is 1.60. The van der Waals surface area contributed by atoms with Crippen LogP contribution in [-0.2, 0) is 16.1 Å². The average molecular weight is 316 g/mol. The van der Waals surface area contributed by atoms with Crippen molar-refractivity contribution in [3.05, 3.63) is 35.5 Å². The lowest BCUT2D eigenvalue weighted by Gasteiger charge is -2.15. The molecular formula is C17H24N4O2. The summed E-state index contributed by atoms with van der Waals surface area (Å²) in [6, 6.07) is 8.64. The number of aromatic nitrogens is 1. The molecule has 124 valence electrons. The van der Waals surface area contributed by atoms with Crippen LogP contribution < -0.4 is 16.2 Å².